The highest BCUT2D eigenvalue weighted by Crippen LogP contribution is 2.18. The Morgan fingerprint density at radius 2 is 2.12 bits per heavy atom. The Morgan fingerprint density at radius 3 is 2.83 bits per heavy atom. The van der Waals surface area contributed by atoms with Crippen molar-refractivity contribution in [1.82, 2.24) is 19.8 Å². The van der Waals surface area contributed by atoms with Crippen LogP contribution in [0.1, 0.15) is 42.4 Å². The molecule has 0 saturated heterocycles. The summed E-state index contributed by atoms with van der Waals surface area (Å²) in [4.78, 5) is 18.7. The lowest BCUT2D eigenvalue weighted by molar-refractivity contribution is -0.122. The van der Waals surface area contributed by atoms with Crippen LogP contribution in [-0.4, -0.2) is 34.0 Å². The first-order valence-corrected chi connectivity index (χ1v) is 8.45. The van der Waals surface area contributed by atoms with E-state index in [2.05, 4.69) is 53.8 Å². The molecule has 1 aromatic heterocycles. The average Bonchev–Trinajstić information content (AvgIpc) is 2.96. The second kappa shape index (κ2) is 8.11. The molecule has 5 heteroatoms. The fourth-order valence-corrected chi connectivity index (χ4v) is 2.91. The third-order valence-corrected chi connectivity index (χ3v) is 4.25. The van der Waals surface area contributed by atoms with Crippen LogP contribution in [-0.2, 0) is 17.9 Å². The van der Waals surface area contributed by atoms with Crippen molar-refractivity contribution in [2.75, 3.05) is 13.6 Å². The lowest BCUT2D eigenvalue weighted by Gasteiger charge is -2.20. The Kier molecular flexibility index (Phi) is 6.15. The van der Waals surface area contributed by atoms with Gasteiger partial charge in [0.15, 0.2) is 0 Å². The average molecular weight is 328 g/mol. The molecule has 24 heavy (non-hydrogen) atoms. The molecule has 130 valence electrons. The van der Waals surface area contributed by atoms with E-state index in [1.165, 1.54) is 16.7 Å². The molecule has 1 heterocycles. The number of imidazole rings is 1. The smallest absolute Gasteiger partial charge is 0.234 e. The second-order valence-electron chi connectivity index (χ2n) is 6.45. The van der Waals surface area contributed by atoms with E-state index in [0.717, 1.165) is 12.4 Å². The molecule has 2 rings (SSSR count). The van der Waals surface area contributed by atoms with Gasteiger partial charge in [0.2, 0.25) is 5.91 Å². The van der Waals surface area contributed by atoms with Crippen molar-refractivity contribution in [3.05, 3.63) is 53.1 Å². The number of amides is 1. The highest BCUT2D eigenvalue weighted by molar-refractivity contribution is 5.78. The van der Waals surface area contributed by atoms with Gasteiger partial charge in [-0.15, -0.1) is 0 Å². The molecule has 0 aliphatic rings. The van der Waals surface area contributed by atoms with Crippen LogP contribution in [0.3, 0.4) is 0 Å². The molecule has 5 nitrogen and oxygen atoms in total. The summed E-state index contributed by atoms with van der Waals surface area (Å²) in [7, 11) is 1.94. The first kappa shape index (κ1) is 18.2. The Labute approximate surface area is 144 Å². The van der Waals surface area contributed by atoms with E-state index < -0.39 is 0 Å². The largest absolute Gasteiger partial charge is 0.348 e. The van der Waals surface area contributed by atoms with Crippen LogP contribution in [0.5, 0.6) is 0 Å². The number of nitrogens with one attached hydrogen (secondary N) is 1. The van der Waals surface area contributed by atoms with E-state index in [0.29, 0.717) is 13.1 Å². The Balaban J connectivity index is 1.91. The zero-order chi connectivity index (χ0) is 17.7. The molecule has 0 fully saturated rings. The van der Waals surface area contributed by atoms with Gasteiger partial charge in [-0.05, 0) is 45.9 Å². The fraction of sp³-hybridized carbons (Fsp3) is 0.474. The minimum atomic E-state index is 0.00317. The van der Waals surface area contributed by atoms with Gasteiger partial charge in [0.05, 0.1) is 19.1 Å². The lowest BCUT2D eigenvalue weighted by Crippen LogP contribution is -2.36. The predicted molar refractivity (Wildman–Crippen MR) is 96.7 cm³/mol. The molecule has 0 saturated carbocycles. The number of aryl methyl sites for hydroxylation is 3. The lowest BCUT2D eigenvalue weighted by atomic mass is 10.00. The highest BCUT2D eigenvalue weighted by atomic mass is 16.2. The molecule has 0 radical (unpaired) electrons. The molecular formula is C19H28N4O. The number of carbonyl (C=O) groups is 1. The van der Waals surface area contributed by atoms with Gasteiger partial charge in [0.25, 0.3) is 0 Å². The maximum atomic E-state index is 12.3. The minimum absolute atomic E-state index is 0.00317. The first-order valence-electron chi connectivity index (χ1n) is 8.45. The van der Waals surface area contributed by atoms with Crippen molar-refractivity contribution in [2.45, 2.75) is 46.8 Å². The van der Waals surface area contributed by atoms with Crippen molar-refractivity contribution in [3.63, 3.8) is 0 Å². The SMILES string of the molecule is CCn1ccnc1CN(C)CC(=O)NC(C)c1cc(C)ccc1C. The van der Waals surface area contributed by atoms with Crippen LogP contribution < -0.4 is 5.32 Å². The summed E-state index contributed by atoms with van der Waals surface area (Å²) in [5.74, 6) is 1.01. The topological polar surface area (TPSA) is 50.2 Å². The van der Waals surface area contributed by atoms with E-state index in [-0.39, 0.29) is 11.9 Å². The molecule has 1 aromatic carbocycles. The van der Waals surface area contributed by atoms with Gasteiger partial charge in [0.1, 0.15) is 5.82 Å². The maximum absolute atomic E-state index is 12.3. The standard InChI is InChI=1S/C19H28N4O/c1-6-23-10-9-20-18(23)12-22(5)13-19(24)21-16(4)17-11-14(2)7-8-15(17)3/h7-11,16H,6,12-13H2,1-5H3,(H,21,24). The van der Waals surface area contributed by atoms with Crippen molar-refractivity contribution in [3.8, 4) is 0 Å². The maximum Gasteiger partial charge on any atom is 0.234 e. The molecule has 0 spiro atoms. The van der Waals surface area contributed by atoms with Crippen molar-refractivity contribution < 1.29 is 4.79 Å². The number of carbonyl (C=O) groups excluding carboxylic acids is 1. The van der Waals surface area contributed by atoms with E-state index >= 15 is 0 Å². The van der Waals surface area contributed by atoms with Crippen LogP contribution in [0.25, 0.3) is 0 Å². The van der Waals surface area contributed by atoms with Gasteiger partial charge in [-0.2, -0.15) is 0 Å². The highest BCUT2D eigenvalue weighted by Gasteiger charge is 2.14. The summed E-state index contributed by atoms with van der Waals surface area (Å²) in [5.41, 5.74) is 3.58. The van der Waals surface area contributed by atoms with E-state index in [1.807, 2.05) is 25.1 Å². The Hall–Kier alpha value is -2.14. The summed E-state index contributed by atoms with van der Waals surface area (Å²) in [5, 5.41) is 3.10. The number of aromatic nitrogens is 2. The van der Waals surface area contributed by atoms with Gasteiger partial charge in [-0.1, -0.05) is 23.8 Å². The molecular weight excluding hydrogens is 300 g/mol. The Bertz CT molecular complexity index is 692. The third kappa shape index (κ3) is 4.68. The molecule has 0 aliphatic heterocycles. The number of rotatable bonds is 7. The number of hydrogen-bond acceptors (Lipinski definition) is 3. The molecule has 1 amide bonds. The first-order chi connectivity index (χ1) is 11.4. The number of hydrogen-bond donors (Lipinski definition) is 1. The van der Waals surface area contributed by atoms with Gasteiger partial charge in [-0.3, -0.25) is 9.69 Å². The third-order valence-electron chi connectivity index (χ3n) is 4.25. The summed E-state index contributed by atoms with van der Waals surface area (Å²) in [6.07, 6.45) is 3.77. The minimum Gasteiger partial charge on any atom is -0.348 e. The van der Waals surface area contributed by atoms with Gasteiger partial charge >= 0.3 is 0 Å². The Morgan fingerprint density at radius 1 is 1.38 bits per heavy atom. The fourth-order valence-electron chi connectivity index (χ4n) is 2.91. The van der Waals surface area contributed by atoms with E-state index in [9.17, 15) is 4.79 Å². The van der Waals surface area contributed by atoms with Crippen LogP contribution in [0, 0.1) is 13.8 Å². The van der Waals surface area contributed by atoms with Gasteiger partial charge < -0.3 is 9.88 Å². The zero-order valence-corrected chi connectivity index (χ0v) is 15.3. The van der Waals surface area contributed by atoms with Crippen LogP contribution >= 0.6 is 0 Å². The second-order valence-corrected chi connectivity index (χ2v) is 6.45. The molecule has 0 bridgehead atoms. The summed E-state index contributed by atoms with van der Waals surface area (Å²) >= 11 is 0. The number of nitrogens with zero attached hydrogens (tertiary/aromatic N) is 3. The zero-order valence-electron chi connectivity index (χ0n) is 15.3. The summed E-state index contributed by atoms with van der Waals surface area (Å²) in [6, 6.07) is 6.34. The summed E-state index contributed by atoms with van der Waals surface area (Å²) in [6.45, 7) is 10.2. The van der Waals surface area contributed by atoms with E-state index in [4.69, 9.17) is 0 Å². The van der Waals surface area contributed by atoms with Gasteiger partial charge in [0, 0.05) is 18.9 Å². The summed E-state index contributed by atoms with van der Waals surface area (Å²) < 4.78 is 2.09. The van der Waals surface area contributed by atoms with Crippen molar-refractivity contribution in [2.24, 2.45) is 0 Å². The normalized spacial score (nSPS) is 12.4. The monoisotopic (exact) mass is 328 g/mol. The molecule has 1 unspecified atom stereocenters. The van der Waals surface area contributed by atoms with Crippen molar-refractivity contribution >= 4 is 5.91 Å². The molecule has 1 N–H and O–H groups in total. The molecule has 1 atom stereocenters. The van der Waals surface area contributed by atoms with E-state index in [1.54, 1.807) is 6.20 Å². The van der Waals surface area contributed by atoms with Crippen LogP contribution in [0.4, 0.5) is 0 Å². The quantitative estimate of drug-likeness (QED) is 0.850. The molecule has 2 aromatic rings. The predicted octanol–water partition coefficient (Wildman–Crippen LogP) is 2.83. The van der Waals surface area contributed by atoms with Crippen LogP contribution in [0.15, 0.2) is 30.6 Å². The number of likely N-dealkylation sites (N-methyl/N-ethyl adjacent to an activating group) is 1. The van der Waals surface area contributed by atoms with Crippen molar-refractivity contribution in [1.29, 1.82) is 0 Å². The molecule has 0 aliphatic carbocycles. The van der Waals surface area contributed by atoms with Gasteiger partial charge in [-0.25, -0.2) is 4.98 Å². The van der Waals surface area contributed by atoms with Crippen LogP contribution in [0.2, 0.25) is 0 Å². The number of benzene rings is 1.